The molecule has 1 heterocycles. The van der Waals surface area contributed by atoms with Crippen molar-refractivity contribution in [3.63, 3.8) is 0 Å². The third-order valence-electron chi connectivity index (χ3n) is 4.19. The van der Waals surface area contributed by atoms with Crippen LogP contribution in [0.4, 0.5) is 4.39 Å². The number of amides is 1. The van der Waals surface area contributed by atoms with Gasteiger partial charge in [0, 0.05) is 13.1 Å². The lowest BCUT2D eigenvalue weighted by Gasteiger charge is -2.21. The standard InChI is InChI=1S/C20H19FN2O2S/c1-13(20-22-16-6-4-5-7-18(16)26-20)23(2)19(24)11-9-14-8-10-17(25-3)15(21)12-14/h4-13H,1-3H3/b11-9+/t13-/m1/s1. The van der Waals surface area contributed by atoms with E-state index in [0.29, 0.717) is 5.56 Å². The van der Waals surface area contributed by atoms with Gasteiger partial charge >= 0.3 is 0 Å². The van der Waals surface area contributed by atoms with E-state index in [1.807, 2.05) is 31.2 Å². The Morgan fingerprint density at radius 1 is 1.31 bits per heavy atom. The Morgan fingerprint density at radius 2 is 2.08 bits per heavy atom. The maximum atomic E-state index is 13.7. The zero-order valence-corrected chi connectivity index (χ0v) is 15.6. The first-order valence-electron chi connectivity index (χ1n) is 8.13. The maximum absolute atomic E-state index is 13.7. The first-order valence-corrected chi connectivity index (χ1v) is 8.95. The van der Waals surface area contributed by atoms with Crippen LogP contribution >= 0.6 is 11.3 Å². The minimum atomic E-state index is -0.460. The van der Waals surface area contributed by atoms with E-state index >= 15 is 0 Å². The Hall–Kier alpha value is -2.73. The number of carbonyl (C=O) groups is 1. The molecular formula is C20H19FN2O2S. The third kappa shape index (κ3) is 3.75. The lowest BCUT2D eigenvalue weighted by Crippen LogP contribution is -2.27. The summed E-state index contributed by atoms with van der Waals surface area (Å²) >= 11 is 1.58. The molecule has 3 aromatic rings. The largest absolute Gasteiger partial charge is 0.494 e. The molecule has 1 atom stereocenters. The predicted molar refractivity (Wildman–Crippen MR) is 103 cm³/mol. The highest BCUT2D eigenvalue weighted by molar-refractivity contribution is 7.18. The number of thiazole rings is 1. The minimum Gasteiger partial charge on any atom is -0.494 e. The topological polar surface area (TPSA) is 42.4 Å². The number of methoxy groups -OCH3 is 1. The van der Waals surface area contributed by atoms with Gasteiger partial charge in [0.2, 0.25) is 5.91 Å². The molecule has 1 amide bonds. The summed E-state index contributed by atoms with van der Waals surface area (Å²) < 4.78 is 19.7. The van der Waals surface area contributed by atoms with Crippen LogP contribution in [0.25, 0.3) is 16.3 Å². The fraction of sp³-hybridized carbons (Fsp3) is 0.200. The number of rotatable bonds is 5. The van der Waals surface area contributed by atoms with Gasteiger partial charge in [0.15, 0.2) is 11.6 Å². The van der Waals surface area contributed by atoms with E-state index in [0.717, 1.165) is 15.2 Å². The van der Waals surface area contributed by atoms with E-state index in [1.54, 1.807) is 35.4 Å². The van der Waals surface area contributed by atoms with Gasteiger partial charge in [-0.2, -0.15) is 0 Å². The zero-order valence-electron chi connectivity index (χ0n) is 14.8. The number of halogens is 1. The van der Waals surface area contributed by atoms with Gasteiger partial charge in [-0.05, 0) is 42.8 Å². The van der Waals surface area contributed by atoms with Crippen molar-refractivity contribution >= 4 is 33.5 Å². The van der Waals surface area contributed by atoms with Crippen molar-refractivity contribution in [2.75, 3.05) is 14.2 Å². The highest BCUT2D eigenvalue weighted by Crippen LogP contribution is 2.29. The molecule has 3 rings (SSSR count). The molecular weight excluding hydrogens is 351 g/mol. The molecule has 0 aliphatic carbocycles. The van der Waals surface area contributed by atoms with Crippen molar-refractivity contribution in [3.05, 3.63) is 64.9 Å². The third-order valence-corrected chi connectivity index (χ3v) is 5.40. The van der Waals surface area contributed by atoms with Gasteiger partial charge in [0.1, 0.15) is 5.01 Å². The second-order valence-electron chi connectivity index (χ2n) is 5.87. The average molecular weight is 370 g/mol. The van der Waals surface area contributed by atoms with E-state index in [2.05, 4.69) is 4.98 Å². The Labute approximate surface area is 155 Å². The number of hydrogen-bond acceptors (Lipinski definition) is 4. The number of likely N-dealkylation sites (N-methyl/N-ethyl adjacent to an activating group) is 1. The molecule has 0 bridgehead atoms. The summed E-state index contributed by atoms with van der Waals surface area (Å²) in [5.74, 6) is -0.457. The maximum Gasteiger partial charge on any atom is 0.246 e. The number of benzene rings is 2. The van der Waals surface area contributed by atoms with Gasteiger partial charge < -0.3 is 9.64 Å². The molecule has 0 saturated heterocycles. The van der Waals surface area contributed by atoms with E-state index in [9.17, 15) is 9.18 Å². The van der Waals surface area contributed by atoms with Gasteiger partial charge in [-0.3, -0.25) is 4.79 Å². The van der Waals surface area contributed by atoms with E-state index in [1.165, 1.54) is 25.3 Å². The van der Waals surface area contributed by atoms with Gasteiger partial charge in [-0.25, -0.2) is 9.37 Å². The molecule has 1 aromatic heterocycles. The van der Waals surface area contributed by atoms with Crippen LogP contribution in [0.1, 0.15) is 23.5 Å². The molecule has 0 saturated carbocycles. The Morgan fingerprint density at radius 3 is 2.77 bits per heavy atom. The predicted octanol–water partition coefficient (Wildman–Crippen LogP) is 4.68. The Balaban J connectivity index is 1.73. The summed E-state index contributed by atoms with van der Waals surface area (Å²) in [5.41, 5.74) is 1.53. The smallest absolute Gasteiger partial charge is 0.246 e. The van der Waals surface area contributed by atoms with Gasteiger partial charge in [0.05, 0.1) is 23.4 Å². The summed E-state index contributed by atoms with van der Waals surface area (Å²) in [6.07, 6.45) is 3.03. The fourth-order valence-corrected chi connectivity index (χ4v) is 3.56. The van der Waals surface area contributed by atoms with Crippen LogP contribution < -0.4 is 4.74 Å². The second kappa shape index (κ2) is 7.66. The summed E-state index contributed by atoms with van der Waals surface area (Å²) in [6, 6.07) is 12.3. The fourth-order valence-electron chi connectivity index (χ4n) is 2.50. The molecule has 0 radical (unpaired) electrons. The van der Waals surface area contributed by atoms with E-state index in [-0.39, 0.29) is 17.7 Å². The monoisotopic (exact) mass is 370 g/mol. The molecule has 0 unspecified atom stereocenters. The molecule has 0 aliphatic heterocycles. The SMILES string of the molecule is COc1ccc(/C=C/C(=O)N(C)[C@H](C)c2nc3ccccc3s2)cc1F. The molecule has 6 heteroatoms. The number of nitrogens with zero attached hydrogens (tertiary/aromatic N) is 2. The van der Waals surface area contributed by atoms with Crippen molar-refractivity contribution in [3.8, 4) is 5.75 Å². The average Bonchev–Trinajstić information content (AvgIpc) is 3.09. The molecule has 0 spiro atoms. The van der Waals surface area contributed by atoms with Crippen molar-refractivity contribution in [1.82, 2.24) is 9.88 Å². The molecule has 4 nitrogen and oxygen atoms in total. The number of hydrogen-bond donors (Lipinski definition) is 0. The van der Waals surface area contributed by atoms with Crippen molar-refractivity contribution in [2.45, 2.75) is 13.0 Å². The summed E-state index contributed by atoms with van der Waals surface area (Å²) in [6.45, 7) is 1.94. The number of para-hydroxylation sites is 1. The lowest BCUT2D eigenvalue weighted by molar-refractivity contribution is -0.126. The highest BCUT2D eigenvalue weighted by atomic mass is 32.1. The molecule has 0 aliphatic rings. The number of carbonyl (C=O) groups excluding carboxylic acids is 1. The minimum absolute atomic E-state index is 0.155. The van der Waals surface area contributed by atoms with Crippen molar-refractivity contribution < 1.29 is 13.9 Å². The quantitative estimate of drug-likeness (QED) is 0.613. The van der Waals surface area contributed by atoms with Crippen LogP contribution in [0.5, 0.6) is 5.75 Å². The van der Waals surface area contributed by atoms with Crippen LogP contribution in [-0.2, 0) is 4.79 Å². The van der Waals surface area contributed by atoms with Crippen LogP contribution in [0, 0.1) is 5.82 Å². The molecule has 0 fully saturated rings. The Kier molecular flexibility index (Phi) is 5.32. The van der Waals surface area contributed by atoms with Crippen LogP contribution in [-0.4, -0.2) is 29.9 Å². The van der Waals surface area contributed by atoms with Crippen molar-refractivity contribution in [2.24, 2.45) is 0 Å². The zero-order chi connectivity index (χ0) is 18.7. The molecule has 26 heavy (non-hydrogen) atoms. The first kappa shape index (κ1) is 18.1. The van der Waals surface area contributed by atoms with Gasteiger partial charge in [-0.1, -0.05) is 18.2 Å². The summed E-state index contributed by atoms with van der Waals surface area (Å²) in [7, 11) is 3.15. The highest BCUT2D eigenvalue weighted by Gasteiger charge is 2.19. The second-order valence-corrected chi connectivity index (χ2v) is 6.93. The lowest BCUT2D eigenvalue weighted by atomic mass is 10.2. The van der Waals surface area contributed by atoms with Crippen LogP contribution in [0.15, 0.2) is 48.5 Å². The van der Waals surface area contributed by atoms with Gasteiger partial charge in [0.25, 0.3) is 0 Å². The van der Waals surface area contributed by atoms with Crippen LogP contribution in [0.2, 0.25) is 0 Å². The first-order chi connectivity index (χ1) is 12.5. The number of ether oxygens (including phenoxy) is 1. The number of fused-ring (bicyclic) bond motifs is 1. The molecule has 134 valence electrons. The van der Waals surface area contributed by atoms with E-state index in [4.69, 9.17) is 4.74 Å². The van der Waals surface area contributed by atoms with Crippen molar-refractivity contribution in [1.29, 1.82) is 0 Å². The summed E-state index contributed by atoms with van der Waals surface area (Å²) in [5, 5.41) is 0.881. The number of aromatic nitrogens is 1. The Bertz CT molecular complexity index is 934. The van der Waals surface area contributed by atoms with Crippen LogP contribution in [0.3, 0.4) is 0 Å². The van der Waals surface area contributed by atoms with Gasteiger partial charge in [-0.15, -0.1) is 11.3 Å². The van der Waals surface area contributed by atoms with E-state index < -0.39 is 5.82 Å². The normalized spacial score (nSPS) is 12.5. The molecule has 2 aromatic carbocycles. The summed E-state index contributed by atoms with van der Waals surface area (Å²) in [4.78, 5) is 18.7. The molecule has 0 N–H and O–H groups in total.